The molecule has 3 aromatic rings. The van der Waals surface area contributed by atoms with Crippen LogP contribution in [0, 0.1) is 0 Å². The summed E-state index contributed by atoms with van der Waals surface area (Å²) in [4.78, 5) is 16.9. The normalized spacial score (nSPS) is 12.4. The zero-order chi connectivity index (χ0) is 19.3. The van der Waals surface area contributed by atoms with Crippen LogP contribution in [0.3, 0.4) is 0 Å². The van der Waals surface area contributed by atoms with Gasteiger partial charge in [-0.15, -0.1) is 0 Å². The van der Waals surface area contributed by atoms with Crippen molar-refractivity contribution >= 4 is 17.5 Å². The second-order valence-corrected chi connectivity index (χ2v) is 6.60. The molecule has 28 heavy (non-hydrogen) atoms. The van der Waals surface area contributed by atoms with Crippen LogP contribution in [0.5, 0.6) is 11.5 Å². The van der Waals surface area contributed by atoms with E-state index in [0.717, 1.165) is 34.6 Å². The van der Waals surface area contributed by atoms with E-state index >= 15 is 0 Å². The molecule has 1 aliphatic rings. The lowest BCUT2D eigenvalue weighted by molar-refractivity contribution is 0.0992. The standard InChI is InChI=1S/C23H20N2O3/c24-19-8-7-18(20(13-19)21(26)11-17-4-2-10-25-14-17)5-1-3-16-6-9-22-23(12-16)28-15-27-22/h1-2,4-10,12-14H,3,11,15,24H2/b5-1+. The summed E-state index contributed by atoms with van der Waals surface area (Å²) >= 11 is 0. The van der Waals surface area contributed by atoms with Gasteiger partial charge in [0.15, 0.2) is 17.3 Å². The number of allylic oxidation sites excluding steroid dienone is 1. The van der Waals surface area contributed by atoms with Gasteiger partial charge in [0, 0.05) is 30.1 Å². The van der Waals surface area contributed by atoms with Crippen molar-refractivity contribution in [1.82, 2.24) is 4.98 Å². The number of hydrogen-bond donors (Lipinski definition) is 1. The fraction of sp³-hybridized carbons (Fsp3) is 0.130. The molecule has 0 amide bonds. The maximum atomic E-state index is 12.8. The summed E-state index contributed by atoms with van der Waals surface area (Å²) in [5.41, 5.74) is 9.95. The summed E-state index contributed by atoms with van der Waals surface area (Å²) in [5, 5.41) is 0. The van der Waals surface area contributed by atoms with Crippen molar-refractivity contribution in [2.75, 3.05) is 12.5 Å². The van der Waals surface area contributed by atoms with Crippen molar-refractivity contribution in [3.63, 3.8) is 0 Å². The van der Waals surface area contributed by atoms with Crippen LogP contribution in [-0.4, -0.2) is 17.6 Å². The molecule has 0 saturated heterocycles. The van der Waals surface area contributed by atoms with Crippen molar-refractivity contribution in [3.05, 3.63) is 89.3 Å². The van der Waals surface area contributed by atoms with Crippen LogP contribution in [0.25, 0.3) is 6.08 Å². The Hall–Kier alpha value is -3.60. The predicted octanol–water partition coefficient (Wildman–Crippen LogP) is 4.07. The van der Waals surface area contributed by atoms with Crippen LogP contribution in [0.15, 0.2) is 67.0 Å². The van der Waals surface area contributed by atoms with E-state index < -0.39 is 0 Å². The third kappa shape index (κ3) is 4.04. The number of pyridine rings is 1. The second kappa shape index (κ2) is 7.96. The van der Waals surface area contributed by atoms with E-state index in [9.17, 15) is 4.79 Å². The molecule has 4 rings (SSSR count). The number of fused-ring (bicyclic) bond motifs is 1. The van der Waals surface area contributed by atoms with Gasteiger partial charge in [-0.05, 0) is 53.4 Å². The van der Waals surface area contributed by atoms with Gasteiger partial charge in [0.05, 0.1) is 0 Å². The van der Waals surface area contributed by atoms with Crippen LogP contribution >= 0.6 is 0 Å². The molecule has 1 aliphatic heterocycles. The Balaban J connectivity index is 1.51. The van der Waals surface area contributed by atoms with E-state index in [0.29, 0.717) is 17.7 Å². The monoisotopic (exact) mass is 372 g/mol. The lowest BCUT2D eigenvalue weighted by Crippen LogP contribution is -2.06. The fourth-order valence-electron chi connectivity index (χ4n) is 3.13. The molecule has 0 spiro atoms. The lowest BCUT2D eigenvalue weighted by atomic mass is 9.97. The molecule has 0 atom stereocenters. The number of nitrogen functional groups attached to an aromatic ring is 1. The summed E-state index contributed by atoms with van der Waals surface area (Å²) < 4.78 is 10.7. The van der Waals surface area contributed by atoms with Gasteiger partial charge in [-0.1, -0.05) is 30.4 Å². The lowest BCUT2D eigenvalue weighted by Gasteiger charge is -2.07. The van der Waals surface area contributed by atoms with Gasteiger partial charge < -0.3 is 15.2 Å². The number of rotatable bonds is 6. The molecule has 1 aromatic heterocycles. The molecule has 5 nitrogen and oxygen atoms in total. The average Bonchev–Trinajstić information content (AvgIpc) is 3.17. The highest BCUT2D eigenvalue weighted by Gasteiger charge is 2.13. The molecular formula is C23H20N2O3. The molecule has 0 fully saturated rings. The maximum absolute atomic E-state index is 12.8. The zero-order valence-electron chi connectivity index (χ0n) is 15.3. The first-order valence-electron chi connectivity index (χ1n) is 9.06. The Morgan fingerprint density at radius 3 is 2.82 bits per heavy atom. The number of nitrogens with zero attached hydrogens (tertiary/aromatic N) is 1. The van der Waals surface area contributed by atoms with Crippen LogP contribution in [0.1, 0.15) is 27.0 Å². The molecule has 0 saturated carbocycles. The molecule has 0 bridgehead atoms. The van der Waals surface area contributed by atoms with Gasteiger partial charge in [0.25, 0.3) is 0 Å². The number of ketones is 1. The number of ether oxygens (including phenoxy) is 2. The Bertz CT molecular complexity index is 1030. The summed E-state index contributed by atoms with van der Waals surface area (Å²) in [6.45, 7) is 0.266. The molecule has 2 aromatic carbocycles. The smallest absolute Gasteiger partial charge is 0.231 e. The van der Waals surface area contributed by atoms with Crippen LogP contribution in [-0.2, 0) is 12.8 Å². The number of anilines is 1. The highest BCUT2D eigenvalue weighted by molar-refractivity contribution is 6.01. The van der Waals surface area contributed by atoms with E-state index in [1.165, 1.54) is 0 Å². The van der Waals surface area contributed by atoms with Gasteiger partial charge in [-0.3, -0.25) is 9.78 Å². The summed E-state index contributed by atoms with van der Waals surface area (Å²) in [6.07, 6.45) is 8.40. The Kier molecular flexibility index (Phi) is 5.06. The first-order valence-corrected chi connectivity index (χ1v) is 9.06. The quantitative estimate of drug-likeness (QED) is 0.521. The number of Topliss-reactive ketones (excluding diaryl/α,β-unsaturated/α-hetero) is 1. The Morgan fingerprint density at radius 2 is 1.96 bits per heavy atom. The molecule has 0 unspecified atom stereocenters. The first-order chi connectivity index (χ1) is 13.7. The molecule has 140 valence electrons. The van der Waals surface area contributed by atoms with Crippen LogP contribution in [0.4, 0.5) is 5.69 Å². The Labute approximate surface area is 163 Å². The van der Waals surface area contributed by atoms with Gasteiger partial charge in [0.1, 0.15) is 0 Å². The summed E-state index contributed by atoms with van der Waals surface area (Å²) in [5.74, 6) is 1.56. The third-order valence-corrected chi connectivity index (χ3v) is 4.55. The number of carbonyl (C=O) groups is 1. The van der Waals surface area contributed by atoms with Gasteiger partial charge in [-0.2, -0.15) is 0 Å². The highest BCUT2D eigenvalue weighted by atomic mass is 16.7. The SMILES string of the molecule is Nc1ccc(/C=C/Cc2ccc3c(c2)OCO3)c(C(=O)Cc2cccnc2)c1. The number of carbonyl (C=O) groups excluding carboxylic acids is 1. The van der Waals surface area contributed by atoms with Crippen molar-refractivity contribution in [2.24, 2.45) is 0 Å². The Morgan fingerprint density at radius 1 is 1.07 bits per heavy atom. The van der Waals surface area contributed by atoms with E-state index in [2.05, 4.69) is 4.98 Å². The zero-order valence-corrected chi connectivity index (χ0v) is 15.3. The fourth-order valence-corrected chi connectivity index (χ4v) is 3.13. The molecule has 2 heterocycles. The van der Waals surface area contributed by atoms with E-state index in [-0.39, 0.29) is 12.6 Å². The van der Waals surface area contributed by atoms with Crippen LogP contribution in [0.2, 0.25) is 0 Å². The highest BCUT2D eigenvalue weighted by Crippen LogP contribution is 2.32. The topological polar surface area (TPSA) is 74.4 Å². The minimum absolute atomic E-state index is 0.0167. The van der Waals surface area contributed by atoms with Crippen molar-refractivity contribution in [3.8, 4) is 11.5 Å². The molecule has 2 N–H and O–H groups in total. The molecule has 0 radical (unpaired) electrons. The van der Waals surface area contributed by atoms with Gasteiger partial charge in [-0.25, -0.2) is 0 Å². The molecule has 5 heteroatoms. The predicted molar refractivity (Wildman–Crippen MR) is 108 cm³/mol. The summed E-state index contributed by atoms with van der Waals surface area (Å²) in [7, 11) is 0. The van der Waals surface area contributed by atoms with Crippen molar-refractivity contribution in [2.45, 2.75) is 12.8 Å². The maximum Gasteiger partial charge on any atom is 0.231 e. The number of aromatic nitrogens is 1. The first kappa shape index (κ1) is 17.8. The largest absolute Gasteiger partial charge is 0.454 e. The minimum Gasteiger partial charge on any atom is -0.454 e. The summed E-state index contributed by atoms with van der Waals surface area (Å²) in [6, 6.07) is 15.0. The number of benzene rings is 2. The minimum atomic E-state index is 0.0167. The second-order valence-electron chi connectivity index (χ2n) is 6.60. The van der Waals surface area contributed by atoms with E-state index in [1.54, 1.807) is 24.5 Å². The van der Waals surface area contributed by atoms with Gasteiger partial charge in [0.2, 0.25) is 6.79 Å². The third-order valence-electron chi connectivity index (χ3n) is 4.55. The van der Waals surface area contributed by atoms with Crippen molar-refractivity contribution < 1.29 is 14.3 Å². The van der Waals surface area contributed by atoms with Crippen molar-refractivity contribution in [1.29, 1.82) is 0 Å². The van der Waals surface area contributed by atoms with Gasteiger partial charge >= 0.3 is 0 Å². The van der Waals surface area contributed by atoms with E-state index in [4.69, 9.17) is 15.2 Å². The molecule has 0 aliphatic carbocycles. The van der Waals surface area contributed by atoms with Crippen LogP contribution < -0.4 is 15.2 Å². The number of nitrogens with two attached hydrogens (primary N) is 1. The van der Waals surface area contributed by atoms with E-state index in [1.807, 2.05) is 48.6 Å². The average molecular weight is 372 g/mol. The number of hydrogen-bond acceptors (Lipinski definition) is 5. The molecular weight excluding hydrogens is 352 g/mol.